The fraction of sp³-hybridized carbons (Fsp3) is 1.00. The van der Waals surface area contributed by atoms with E-state index in [1.807, 2.05) is 16.6 Å². The Labute approximate surface area is 56.7 Å². The van der Waals surface area contributed by atoms with Crippen molar-refractivity contribution < 1.29 is 13.9 Å². The molecule has 0 heterocycles. The molecule has 2 radical (unpaired) electrons. The van der Waals surface area contributed by atoms with E-state index in [1.165, 1.54) is 7.11 Å². The molecule has 6 heavy (non-hydrogen) atoms. The number of hydrogen-bond donors (Lipinski definition) is 0. The Kier molecular flexibility index (Phi) is 15.8. The minimum atomic E-state index is 0. The van der Waals surface area contributed by atoms with Gasteiger partial charge in [-0.2, -0.15) is 0 Å². The summed E-state index contributed by atoms with van der Waals surface area (Å²) < 4.78 is 3.89. The van der Waals surface area contributed by atoms with Gasteiger partial charge in [0.2, 0.25) is 0 Å². The molecule has 0 saturated carbocycles. The van der Waals surface area contributed by atoms with Gasteiger partial charge in [0.25, 0.3) is 0 Å². The summed E-state index contributed by atoms with van der Waals surface area (Å²) in [4.78, 5) is 3.95. The van der Waals surface area contributed by atoms with Crippen molar-refractivity contribution in [2.24, 2.45) is 0 Å². The van der Waals surface area contributed by atoms with Crippen LogP contribution in [0, 0.1) is 0 Å². The monoisotopic (exact) mass is 98.0 g/mol. The molecular weight excluding hydrogens is 93.9 g/mol. The van der Waals surface area contributed by atoms with Gasteiger partial charge in [-0.25, -0.2) is 4.89 Å². The van der Waals surface area contributed by atoms with E-state index in [1.54, 1.807) is 0 Å². The molecule has 0 aromatic carbocycles. The van der Waals surface area contributed by atoms with E-state index < -0.39 is 0 Å². The van der Waals surface area contributed by atoms with Crippen LogP contribution in [0.15, 0.2) is 0 Å². The normalized spacial score (nSPS) is 6.83. The first-order chi connectivity index (χ1) is 2.41. The van der Waals surface area contributed by atoms with Crippen molar-refractivity contribution in [1.82, 2.24) is 0 Å². The minimum absolute atomic E-state index is 0. The number of rotatable bonds is 2. The third-order valence-electron chi connectivity index (χ3n) is 0.107. The zero-order chi connectivity index (χ0) is 4.12. The van der Waals surface area contributed by atoms with Crippen molar-refractivity contribution in [1.29, 1.82) is 0 Å². The molecule has 30 valence electrons. The van der Waals surface area contributed by atoms with Crippen LogP contribution in [0.4, 0.5) is 0 Å². The fourth-order valence-electron chi connectivity index (χ4n) is 0.0393. The summed E-state index contributed by atoms with van der Waals surface area (Å²) in [6, 6.07) is 0. The van der Waals surface area contributed by atoms with Crippen molar-refractivity contribution in [3.8, 4) is 0 Å². The van der Waals surface area contributed by atoms with Gasteiger partial charge >= 0.3 is 35.5 Å². The quantitative estimate of drug-likeness (QED) is 0.250. The Morgan fingerprint density at radius 3 is 2.00 bits per heavy atom. The van der Waals surface area contributed by atoms with Crippen LogP contribution in [-0.2, 0) is 13.9 Å². The van der Waals surface area contributed by atoms with Crippen molar-refractivity contribution >= 4 is 35.5 Å². The maximum atomic E-state index is 3.95. The average molecular weight is 98.0 g/mol. The zero-order valence-corrected chi connectivity index (χ0v) is 3.96. The third kappa shape index (κ3) is 8.89. The summed E-state index contributed by atoms with van der Waals surface area (Å²) in [5.74, 6) is 0. The van der Waals surface area contributed by atoms with Crippen LogP contribution in [0.25, 0.3) is 0 Å². The first kappa shape index (κ1) is 10.1. The fourth-order valence-corrected chi connectivity index (χ4v) is 0.118. The molecule has 0 aliphatic carbocycles. The van der Waals surface area contributed by atoms with Crippen LogP contribution in [-0.4, -0.2) is 42.6 Å². The summed E-state index contributed by atoms with van der Waals surface area (Å²) in [5, 5.41) is 3.80. The molecule has 0 fully saturated rings. The van der Waals surface area contributed by atoms with E-state index in [-0.39, 0.29) is 18.9 Å². The topological polar surface area (TPSA) is 27.7 Å². The Hall–Kier alpha value is 1.01. The van der Waals surface area contributed by atoms with Gasteiger partial charge in [-0.15, -0.1) is 5.04 Å². The molecule has 0 rings (SSSR count). The van der Waals surface area contributed by atoms with Crippen LogP contribution in [0.2, 0.25) is 0 Å². The summed E-state index contributed by atoms with van der Waals surface area (Å²) in [6.45, 7) is 0. The van der Waals surface area contributed by atoms with Gasteiger partial charge in [-0.05, 0) is 0 Å². The van der Waals surface area contributed by atoms with Crippen molar-refractivity contribution in [2.45, 2.75) is 0 Å². The Balaban J connectivity index is 0. The third-order valence-corrected chi connectivity index (χ3v) is 0.186. The van der Waals surface area contributed by atoms with Gasteiger partial charge in [0, 0.05) is 0 Å². The molecule has 5 heteroatoms. The zero-order valence-electron chi connectivity index (χ0n) is 2.80. The Morgan fingerprint density at radius 1 is 1.50 bits per heavy atom. The van der Waals surface area contributed by atoms with E-state index in [0.717, 1.165) is 0 Å². The van der Waals surface area contributed by atoms with Crippen LogP contribution in [0.1, 0.15) is 0 Å². The first-order valence-electron chi connectivity index (χ1n) is 0.977. The summed E-state index contributed by atoms with van der Waals surface area (Å²) in [5.41, 5.74) is 0. The first-order valence-corrected chi connectivity index (χ1v) is 1.45. The van der Waals surface area contributed by atoms with Crippen LogP contribution in [0.5, 0.6) is 0 Å². The van der Waals surface area contributed by atoms with E-state index in [4.69, 9.17) is 0 Å². The van der Waals surface area contributed by atoms with Crippen molar-refractivity contribution in [3.05, 3.63) is 0 Å². The van der Waals surface area contributed by atoms with Gasteiger partial charge in [0.15, 0.2) is 0 Å². The van der Waals surface area contributed by atoms with Crippen LogP contribution in [0.3, 0.4) is 0 Å². The van der Waals surface area contributed by atoms with Gasteiger partial charge in [0.1, 0.15) is 0 Å². The molecule has 0 aliphatic heterocycles. The second-order valence-electron chi connectivity index (χ2n) is 0.331. The molecule has 0 aliphatic rings. The molecule has 0 aromatic heterocycles. The van der Waals surface area contributed by atoms with Crippen LogP contribution >= 0.6 is 0 Å². The van der Waals surface area contributed by atoms with E-state index >= 15 is 0 Å². The predicted molar refractivity (Wildman–Crippen MR) is 22.1 cm³/mol. The van der Waals surface area contributed by atoms with Crippen LogP contribution < -0.4 is 0 Å². The van der Waals surface area contributed by atoms with E-state index in [2.05, 4.69) is 13.9 Å². The van der Waals surface area contributed by atoms with E-state index in [9.17, 15) is 0 Å². The van der Waals surface area contributed by atoms with E-state index in [0.29, 0.717) is 0 Å². The molecule has 0 atom stereocenters. The summed E-state index contributed by atoms with van der Waals surface area (Å²) >= 11 is 1.85. The SMILES string of the molecule is COO[O][Al].[LiH]. The summed E-state index contributed by atoms with van der Waals surface area (Å²) in [7, 11) is 1.35. The Bertz CT molecular complexity index is 18.3. The molecule has 0 aromatic rings. The maximum absolute atomic E-state index is 3.95. The van der Waals surface area contributed by atoms with Crippen molar-refractivity contribution in [3.63, 3.8) is 0 Å². The molecule has 0 N–H and O–H groups in total. The van der Waals surface area contributed by atoms with Gasteiger partial charge in [-0.1, -0.05) is 0 Å². The molecule has 0 bridgehead atoms. The molecule has 0 unspecified atom stereocenters. The van der Waals surface area contributed by atoms with Gasteiger partial charge < -0.3 is 3.94 Å². The van der Waals surface area contributed by atoms with Crippen molar-refractivity contribution in [2.75, 3.05) is 7.11 Å². The summed E-state index contributed by atoms with van der Waals surface area (Å²) in [6.07, 6.45) is 0. The van der Waals surface area contributed by atoms with Gasteiger partial charge in [-0.3, -0.25) is 0 Å². The molecular formula is CH4AlLiO3. The standard InChI is InChI=1S/CH4O3.Al.Li.H/c1-3-4-2;;;/h2H,1H3;;;/q;+1;;/p-1. The average Bonchev–Trinajstić information content (AvgIpc) is 1.41. The predicted octanol–water partition coefficient (Wildman–Crippen LogP) is -1.07. The second kappa shape index (κ2) is 9.38. The molecule has 3 nitrogen and oxygen atoms in total. The van der Waals surface area contributed by atoms with Gasteiger partial charge in [0.05, 0.1) is 7.11 Å². The molecule has 0 spiro atoms. The molecule has 0 saturated heterocycles. The second-order valence-corrected chi connectivity index (χ2v) is 0.523. The Morgan fingerprint density at radius 2 is 2.00 bits per heavy atom. The number of hydrogen-bond acceptors (Lipinski definition) is 3. The molecule has 0 amide bonds.